The summed E-state index contributed by atoms with van der Waals surface area (Å²) in [7, 11) is 0. The Morgan fingerprint density at radius 1 is 1.40 bits per heavy atom. The van der Waals surface area contributed by atoms with E-state index in [2.05, 4.69) is 4.98 Å². The number of aromatic hydroxyl groups is 1. The summed E-state index contributed by atoms with van der Waals surface area (Å²) in [6.45, 7) is 3.17. The summed E-state index contributed by atoms with van der Waals surface area (Å²) in [5, 5.41) is 19.5. The van der Waals surface area contributed by atoms with Gasteiger partial charge in [0.05, 0.1) is 48.8 Å². The summed E-state index contributed by atoms with van der Waals surface area (Å²) in [5.74, 6) is 0.00610. The predicted octanol–water partition coefficient (Wildman–Crippen LogP) is 1.83. The van der Waals surface area contributed by atoms with Crippen LogP contribution in [0.5, 0.6) is 11.5 Å². The van der Waals surface area contributed by atoms with Crippen molar-refractivity contribution < 1.29 is 29.3 Å². The molecule has 1 fully saturated rings. The van der Waals surface area contributed by atoms with E-state index in [9.17, 15) is 19.8 Å². The van der Waals surface area contributed by atoms with E-state index < -0.39 is 6.10 Å². The van der Waals surface area contributed by atoms with E-state index in [0.717, 1.165) is 0 Å². The number of amides is 1. The number of aliphatic hydroxyl groups is 1. The highest BCUT2D eigenvalue weighted by atomic mass is 16.5. The van der Waals surface area contributed by atoms with Gasteiger partial charge in [0.1, 0.15) is 11.5 Å². The summed E-state index contributed by atoms with van der Waals surface area (Å²) < 4.78 is 11.3. The molecule has 3 rings (SSSR count). The standard InChI is InChI=1S/C22H26N2O6/c1-15(26)12-19-17(4-3-8-23-19)22(28)24-9-11-29-14-16(24)7-10-30-21-6-2-5-20(27)18(21)13-25/h2-6,8,13,15-16,26-27H,7,9-12,14H2,1H3/t15-,16-/m1/s1. The van der Waals surface area contributed by atoms with Gasteiger partial charge in [-0.25, -0.2) is 0 Å². The molecule has 1 aliphatic rings. The van der Waals surface area contributed by atoms with E-state index in [1.54, 1.807) is 42.3 Å². The topological polar surface area (TPSA) is 109 Å². The van der Waals surface area contributed by atoms with Crippen molar-refractivity contribution in [2.45, 2.75) is 31.9 Å². The van der Waals surface area contributed by atoms with Crippen LogP contribution in [0.3, 0.4) is 0 Å². The third-order valence-electron chi connectivity index (χ3n) is 4.97. The van der Waals surface area contributed by atoms with Crippen LogP contribution in [0.4, 0.5) is 0 Å². The van der Waals surface area contributed by atoms with Gasteiger partial charge in [0, 0.05) is 25.6 Å². The molecule has 8 heteroatoms. The molecule has 2 heterocycles. The average Bonchev–Trinajstić information content (AvgIpc) is 2.74. The first kappa shape index (κ1) is 21.7. The van der Waals surface area contributed by atoms with E-state index in [4.69, 9.17) is 9.47 Å². The van der Waals surface area contributed by atoms with Crippen LogP contribution in [0, 0.1) is 0 Å². The van der Waals surface area contributed by atoms with Crippen molar-refractivity contribution in [1.29, 1.82) is 0 Å². The van der Waals surface area contributed by atoms with Crippen molar-refractivity contribution in [3.8, 4) is 11.5 Å². The van der Waals surface area contributed by atoms with Crippen LogP contribution >= 0.6 is 0 Å². The highest BCUT2D eigenvalue weighted by molar-refractivity contribution is 5.95. The molecular formula is C22H26N2O6. The predicted molar refractivity (Wildman–Crippen MR) is 109 cm³/mol. The molecule has 1 aromatic carbocycles. The maximum Gasteiger partial charge on any atom is 0.256 e. The Kier molecular flexibility index (Phi) is 7.37. The number of nitrogens with zero attached hydrogens (tertiary/aromatic N) is 2. The molecule has 0 bridgehead atoms. The molecule has 0 saturated carbocycles. The van der Waals surface area contributed by atoms with E-state index in [0.29, 0.717) is 55.9 Å². The molecule has 1 aromatic heterocycles. The molecule has 0 radical (unpaired) electrons. The molecule has 0 aliphatic carbocycles. The minimum absolute atomic E-state index is 0.100. The van der Waals surface area contributed by atoms with Crippen LogP contribution in [-0.4, -0.2) is 70.8 Å². The van der Waals surface area contributed by atoms with E-state index >= 15 is 0 Å². The number of phenolic OH excluding ortho intramolecular Hbond substituents is 1. The first-order valence-corrected chi connectivity index (χ1v) is 9.92. The maximum absolute atomic E-state index is 13.2. The molecule has 0 unspecified atom stereocenters. The third-order valence-corrected chi connectivity index (χ3v) is 4.97. The minimum atomic E-state index is -0.602. The van der Waals surface area contributed by atoms with Crippen LogP contribution in [0.25, 0.3) is 0 Å². The lowest BCUT2D eigenvalue weighted by Gasteiger charge is -2.36. The number of aldehydes is 1. The zero-order valence-electron chi connectivity index (χ0n) is 16.9. The number of pyridine rings is 1. The van der Waals surface area contributed by atoms with Gasteiger partial charge in [-0.1, -0.05) is 6.07 Å². The van der Waals surface area contributed by atoms with Gasteiger partial charge >= 0.3 is 0 Å². The van der Waals surface area contributed by atoms with Gasteiger partial charge in [0.2, 0.25) is 0 Å². The van der Waals surface area contributed by atoms with Crippen molar-refractivity contribution in [3.05, 3.63) is 53.3 Å². The molecule has 30 heavy (non-hydrogen) atoms. The number of hydrogen-bond acceptors (Lipinski definition) is 7. The van der Waals surface area contributed by atoms with Gasteiger partial charge < -0.3 is 24.6 Å². The molecule has 1 aliphatic heterocycles. The average molecular weight is 414 g/mol. The van der Waals surface area contributed by atoms with Crippen LogP contribution in [0.15, 0.2) is 36.5 Å². The van der Waals surface area contributed by atoms with Crippen molar-refractivity contribution in [3.63, 3.8) is 0 Å². The summed E-state index contributed by atoms with van der Waals surface area (Å²) in [6, 6.07) is 7.86. The fourth-order valence-electron chi connectivity index (χ4n) is 3.47. The maximum atomic E-state index is 13.2. The number of hydrogen-bond donors (Lipinski definition) is 2. The summed E-state index contributed by atoms with van der Waals surface area (Å²) >= 11 is 0. The highest BCUT2D eigenvalue weighted by Crippen LogP contribution is 2.26. The van der Waals surface area contributed by atoms with Gasteiger partial charge in [-0.05, 0) is 31.2 Å². The Balaban J connectivity index is 1.69. The summed E-state index contributed by atoms with van der Waals surface area (Å²) in [5.41, 5.74) is 1.14. The normalized spacial score (nSPS) is 17.4. The zero-order valence-corrected chi connectivity index (χ0v) is 16.9. The quantitative estimate of drug-likeness (QED) is 0.634. The van der Waals surface area contributed by atoms with Gasteiger partial charge in [0.25, 0.3) is 5.91 Å². The minimum Gasteiger partial charge on any atom is -0.507 e. The molecule has 2 N–H and O–H groups in total. The first-order valence-electron chi connectivity index (χ1n) is 9.92. The smallest absolute Gasteiger partial charge is 0.256 e. The molecule has 8 nitrogen and oxygen atoms in total. The molecular weight excluding hydrogens is 388 g/mol. The highest BCUT2D eigenvalue weighted by Gasteiger charge is 2.29. The molecule has 2 aromatic rings. The number of benzene rings is 1. The Bertz CT molecular complexity index is 886. The molecule has 1 saturated heterocycles. The van der Waals surface area contributed by atoms with Crippen molar-refractivity contribution in [2.75, 3.05) is 26.4 Å². The number of aromatic nitrogens is 1. The number of carbonyl (C=O) groups excluding carboxylic acids is 2. The number of ether oxygens (including phenoxy) is 2. The zero-order chi connectivity index (χ0) is 21.5. The van der Waals surface area contributed by atoms with Crippen LogP contribution in [-0.2, 0) is 11.2 Å². The van der Waals surface area contributed by atoms with Gasteiger partial charge in [0.15, 0.2) is 6.29 Å². The van der Waals surface area contributed by atoms with Gasteiger partial charge in [-0.3, -0.25) is 14.6 Å². The fourth-order valence-corrected chi connectivity index (χ4v) is 3.47. The van der Waals surface area contributed by atoms with Crippen LogP contribution in [0.1, 0.15) is 39.8 Å². The second-order valence-electron chi connectivity index (χ2n) is 7.22. The number of morpholine rings is 1. The van der Waals surface area contributed by atoms with E-state index in [1.807, 2.05) is 0 Å². The second kappa shape index (κ2) is 10.2. The number of aliphatic hydroxyl groups excluding tert-OH is 1. The molecule has 1 amide bonds. The van der Waals surface area contributed by atoms with Crippen molar-refractivity contribution >= 4 is 12.2 Å². The van der Waals surface area contributed by atoms with E-state index in [-0.39, 0.29) is 29.9 Å². The largest absolute Gasteiger partial charge is 0.507 e. The van der Waals surface area contributed by atoms with Crippen LogP contribution in [0.2, 0.25) is 0 Å². The van der Waals surface area contributed by atoms with Crippen LogP contribution < -0.4 is 4.74 Å². The fraction of sp³-hybridized carbons (Fsp3) is 0.409. The third kappa shape index (κ3) is 5.14. The van der Waals surface area contributed by atoms with Gasteiger partial charge in [-0.2, -0.15) is 0 Å². The Morgan fingerprint density at radius 3 is 3.00 bits per heavy atom. The van der Waals surface area contributed by atoms with Gasteiger partial charge in [-0.15, -0.1) is 0 Å². The first-order chi connectivity index (χ1) is 14.5. The number of carbonyl (C=O) groups is 2. The lowest BCUT2D eigenvalue weighted by molar-refractivity contribution is -0.00753. The monoisotopic (exact) mass is 414 g/mol. The summed E-state index contributed by atoms with van der Waals surface area (Å²) in [6.07, 6.45) is 2.35. The Labute approximate surface area is 175 Å². The Morgan fingerprint density at radius 2 is 2.23 bits per heavy atom. The molecule has 0 spiro atoms. The lowest BCUT2D eigenvalue weighted by Crippen LogP contribution is -2.49. The number of phenols is 1. The SMILES string of the molecule is C[C@@H](O)Cc1ncccc1C(=O)N1CCOC[C@H]1CCOc1cccc(O)c1C=O. The lowest BCUT2D eigenvalue weighted by atomic mass is 10.0. The molecule has 160 valence electrons. The second-order valence-corrected chi connectivity index (χ2v) is 7.22. The van der Waals surface area contributed by atoms with Crippen molar-refractivity contribution in [1.82, 2.24) is 9.88 Å². The summed E-state index contributed by atoms with van der Waals surface area (Å²) in [4.78, 5) is 30.4. The molecule has 2 atom stereocenters. The van der Waals surface area contributed by atoms with Crippen molar-refractivity contribution in [2.24, 2.45) is 0 Å². The Hall–Kier alpha value is -2.97. The number of rotatable bonds is 8. The van der Waals surface area contributed by atoms with E-state index in [1.165, 1.54) is 6.07 Å².